The molecule has 0 radical (unpaired) electrons. The van der Waals surface area contributed by atoms with Crippen LogP contribution in [-0.4, -0.2) is 39.7 Å². The van der Waals surface area contributed by atoms with Crippen LogP contribution in [0.3, 0.4) is 0 Å². The monoisotopic (exact) mass is 495 g/mol. The van der Waals surface area contributed by atoms with Gasteiger partial charge in [0.1, 0.15) is 12.4 Å². The number of nitrogens with one attached hydrogen (secondary N) is 2. The first-order chi connectivity index (χ1) is 16.6. The van der Waals surface area contributed by atoms with E-state index in [9.17, 15) is 9.59 Å². The number of hydrogen-bond acceptors (Lipinski definition) is 3. The van der Waals surface area contributed by atoms with Crippen molar-refractivity contribution < 1.29 is 9.59 Å². The van der Waals surface area contributed by atoms with Gasteiger partial charge in [0.05, 0.1) is 11.4 Å². The Morgan fingerprint density at radius 2 is 1.74 bits per heavy atom. The van der Waals surface area contributed by atoms with Gasteiger partial charge in [0.2, 0.25) is 5.91 Å². The third-order valence-electron chi connectivity index (χ3n) is 5.52. The maximum Gasteiger partial charge on any atom is 0.322 e. The van der Waals surface area contributed by atoms with Crippen LogP contribution < -0.4 is 10.6 Å². The molecule has 0 spiro atoms. The van der Waals surface area contributed by atoms with Crippen LogP contribution >= 0.6 is 11.6 Å². The third kappa shape index (κ3) is 7.09. The summed E-state index contributed by atoms with van der Waals surface area (Å²) in [5.41, 5.74) is 3.25. The Hall–Kier alpha value is -3.32. The van der Waals surface area contributed by atoms with E-state index in [0.717, 1.165) is 29.8 Å². The number of hydrogen-bond donors (Lipinski definition) is 2. The van der Waals surface area contributed by atoms with Crippen molar-refractivity contribution in [3.63, 3.8) is 0 Å². The van der Waals surface area contributed by atoms with Crippen molar-refractivity contribution in [3.8, 4) is 5.69 Å². The number of urea groups is 1. The molecule has 1 heterocycles. The highest BCUT2D eigenvalue weighted by molar-refractivity contribution is 6.30. The third-order valence-corrected chi connectivity index (χ3v) is 5.77. The first kappa shape index (κ1) is 26.3. The fraction of sp³-hybridized carbons (Fsp3) is 0.370. The van der Waals surface area contributed by atoms with Gasteiger partial charge in [-0.3, -0.25) is 4.79 Å². The summed E-state index contributed by atoms with van der Waals surface area (Å²) in [6.45, 7) is 10.6. The highest BCUT2D eigenvalue weighted by Gasteiger charge is 2.23. The van der Waals surface area contributed by atoms with E-state index >= 15 is 0 Å². The minimum atomic E-state index is -0.308. The fourth-order valence-electron chi connectivity index (χ4n) is 3.57. The summed E-state index contributed by atoms with van der Waals surface area (Å²) in [6.07, 6.45) is 1.61. The average Bonchev–Trinajstić information content (AvgIpc) is 3.23. The lowest BCUT2D eigenvalue weighted by Gasteiger charge is -2.22. The second-order valence-corrected chi connectivity index (χ2v) is 9.94. The van der Waals surface area contributed by atoms with Crippen LogP contribution in [0.4, 0.5) is 16.3 Å². The zero-order valence-electron chi connectivity index (χ0n) is 21.1. The van der Waals surface area contributed by atoms with Crippen molar-refractivity contribution in [2.24, 2.45) is 0 Å². The Kier molecular flexibility index (Phi) is 8.57. The summed E-state index contributed by atoms with van der Waals surface area (Å²) >= 11 is 6.05. The first-order valence-corrected chi connectivity index (χ1v) is 12.3. The minimum Gasteiger partial charge on any atom is -0.315 e. The molecular weight excluding hydrogens is 462 g/mol. The Morgan fingerprint density at radius 3 is 2.37 bits per heavy atom. The molecule has 186 valence electrons. The fourth-order valence-corrected chi connectivity index (χ4v) is 3.69. The number of carbonyl (C=O) groups is 2. The van der Waals surface area contributed by atoms with Crippen molar-refractivity contribution in [3.05, 3.63) is 70.9 Å². The van der Waals surface area contributed by atoms with Crippen LogP contribution in [0.5, 0.6) is 0 Å². The number of aromatic nitrogens is 2. The molecule has 3 aromatic rings. The van der Waals surface area contributed by atoms with Crippen LogP contribution in [0, 0.1) is 0 Å². The predicted octanol–water partition coefficient (Wildman–Crippen LogP) is 6.27. The predicted molar refractivity (Wildman–Crippen MR) is 143 cm³/mol. The standard InChI is InChI=1S/C27H34ClN5O2/c1-6-15-32(26(35)29-21-10-8-9-19(7-2)16-21)18-25(34)30-24-17-23(27(3,4)5)31-33(24)22-13-11-20(28)12-14-22/h8-14,16-17H,6-7,15,18H2,1-5H3,(H,29,35)(H,30,34). The van der Waals surface area contributed by atoms with Gasteiger partial charge >= 0.3 is 6.03 Å². The molecule has 0 fully saturated rings. The molecule has 8 heteroatoms. The molecule has 0 atom stereocenters. The Balaban J connectivity index is 1.78. The number of carbonyl (C=O) groups excluding carboxylic acids is 2. The van der Waals surface area contributed by atoms with Gasteiger partial charge < -0.3 is 15.5 Å². The summed E-state index contributed by atoms with van der Waals surface area (Å²) in [5.74, 6) is 0.237. The second-order valence-electron chi connectivity index (χ2n) is 9.51. The summed E-state index contributed by atoms with van der Waals surface area (Å²) in [5, 5.41) is 11.2. The molecule has 7 nitrogen and oxygen atoms in total. The maximum atomic E-state index is 13.1. The van der Waals surface area contributed by atoms with Crippen molar-refractivity contribution >= 4 is 35.0 Å². The molecule has 0 aliphatic rings. The molecule has 0 unspecified atom stereocenters. The van der Waals surface area contributed by atoms with Crippen LogP contribution in [0.15, 0.2) is 54.6 Å². The van der Waals surface area contributed by atoms with E-state index in [1.54, 1.807) is 16.8 Å². The van der Waals surface area contributed by atoms with Crippen molar-refractivity contribution in [1.82, 2.24) is 14.7 Å². The number of benzene rings is 2. The molecular formula is C27H34ClN5O2. The number of rotatable bonds is 8. The summed E-state index contributed by atoms with van der Waals surface area (Å²) in [7, 11) is 0. The highest BCUT2D eigenvalue weighted by Crippen LogP contribution is 2.27. The molecule has 1 aromatic heterocycles. The SMILES string of the molecule is CCCN(CC(=O)Nc1cc(C(C)(C)C)nn1-c1ccc(Cl)cc1)C(=O)Nc1cccc(CC)c1. The van der Waals surface area contributed by atoms with Crippen molar-refractivity contribution in [1.29, 1.82) is 0 Å². The van der Waals surface area contributed by atoms with Crippen LogP contribution in [0.2, 0.25) is 5.02 Å². The normalized spacial score (nSPS) is 11.3. The van der Waals surface area contributed by atoms with Gasteiger partial charge in [0.15, 0.2) is 0 Å². The summed E-state index contributed by atoms with van der Waals surface area (Å²) in [4.78, 5) is 27.5. The molecule has 0 aliphatic heterocycles. The van der Waals surface area contributed by atoms with Gasteiger partial charge in [0, 0.05) is 28.7 Å². The molecule has 0 aliphatic carbocycles. The Bertz CT molecular complexity index is 1170. The van der Waals surface area contributed by atoms with Crippen LogP contribution in [0.1, 0.15) is 52.3 Å². The van der Waals surface area contributed by atoms with Crippen molar-refractivity contribution in [2.75, 3.05) is 23.7 Å². The topological polar surface area (TPSA) is 79.3 Å². The molecule has 0 saturated carbocycles. The minimum absolute atomic E-state index is 0.0796. The summed E-state index contributed by atoms with van der Waals surface area (Å²) < 4.78 is 1.69. The van der Waals surface area contributed by atoms with Gasteiger partial charge in [-0.15, -0.1) is 0 Å². The molecule has 3 amide bonds. The largest absolute Gasteiger partial charge is 0.322 e. The maximum absolute atomic E-state index is 13.1. The molecule has 0 saturated heterocycles. The van der Waals surface area contributed by atoms with Crippen LogP contribution in [0.25, 0.3) is 5.69 Å². The van der Waals surface area contributed by atoms with E-state index < -0.39 is 0 Å². The number of anilines is 2. The quantitative estimate of drug-likeness (QED) is 0.386. The van der Waals surface area contributed by atoms with Crippen molar-refractivity contribution in [2.45, 2.75) is 52.9 Å². The van der Waals surface area contributed by atoms with Crippen LogP contribution in [-0.2, 0) is 16.6 Å². The zero-order valence-corrected chi connectivity index (χ0v) is 21.8. The van der Waals surface area contributed by atoms with E-state index in [1.807, 2.05) is 49.4 Å². The second kappa shape index (κ2) is 11.4. The Labute approximate surface area is 212 Å². The lowest BCUT2D eigenvalue weighted by Crippen LogP contribution is -2.41. The van der Waals surface area contributed by atoms with E-state index in [-0.39, 0.29) is 23.9 Å². The van der Waals surface area contributed by atoms with Gasteiger partial charge in [-0.2, -0.15) is 5.10 Å². The lowest BCUT2D eigenvalue weighted by molar-refractivity contribution is -0.116. The molecule has 0 bridgehead atoms. The van der Waals surface area contributed by atoms with E-state index in [2.05, 4.69) is 38.3 Å². The number of halogens is 1. The molecule has 35 heavy (non-hydrogen) atoms. The highest BCUT2D eigenvalue weighted by atomic mass is 35.5. The van der Waals surface area contributed by atoms with Gasteiger partial charge in [-0.05, 0) is 54.8 Å². The first-order valence-electron chi connectivity index (χ1n) is 11.9. The lowest BCUT2D eigenvalue weighted by atomic mass is 9.92. The smallest absolute Gasteiger partial charge is 0.315 e. The number of nitrogens with zero attached hydrogens (tertiary/aromatic N) is 3. The molecule has 2 aromatic carbocycles. The Morgan fingerprint density at radius 1 is 1.03 bits per heavy atom. The average molecular weight is 496 g/mol. The van der Waals surface area contributed by atoms with Gasteiger partial charge in [-0.25, -0.2) is 9.48 Å². The number of amides is 3. The van der Waals surface area contributed by atoms with E-state index in [1.165, 1.54) is 4.90 Å². The molecule has 3 rings (SSSR count). The zero-order chi connectivity index (χ0) is 25.6. The van der Waals surface area contributed by atoms with E-state index in [0.29, 0.717) is 23.1 Å². The number of aryl methyl sites for hydroxylation is 1. The van der Waals surface area contributed by atoms with E-state index in [4.69, 9.17) is 16.7 Å². The molecule has 2 N–H and O–H groups in total. The summed E-state index contributed by atoms with van der Waals surface area (Å²) in [6, 6.07) is 16.5. The van der Waals surface area contributed by atoms with Gasteiger partial charge in [0.25, 0.3) is 0 Å². The van der Waals surface area contributed by atoms with Gasteiger partial charge in [-0.1, -0.05) is 58.4 Å².